The summed E-state index contributed by atoms with van der Waals surface area (Å²) < 4.78 is 1.23. The molecule has 1 nitrogen and oxygen atoms in total. The molecule has 15 heavy (non-hydrogen) atoms. The molecule has 86 valence electrons. The van der Waals surface area contributed by atoms with Crippen LogP contribution in [0.1, 0.15) is 24.8 Å². The van der Waals surface area contributed by atoms with E-state index in [-0.39, 0.29) is 0 Å². The van der Waals surface area contributed by atoms with Gasteiger partial charge in [-0.05, 0) is 58.8 Å². The second-order valence-electron chi connectivity index (χ2n) is 3.82. The van der Waals surface area contributed by atoms with Crippen LogP contribution in [-0.4, -0.2) is 18.6 Å². The van der Waals surface area contributed by atoms with Crippen molar-refractivity contribution in [2.24, 2.45) is 5.92 Å². The maximum absolute atomic E-state index is 3.58. The van der Waals surface area contributed by atoms with E-state index in [0.717, 1.165) is 12.5 Å². The van der Waals surface area contributed by atoms with E-state index in [0.29, 0.717) is 6.04 Å². The molecule has 0 aromatic carbocycles. The summed E-state index contributed by atoms with van der Waals surface area (Å²) in [6.45, 7) is 5.61. The summed E-state index contributed by atoms with van der Waals surface area (Å²) in [6, 6.07) is 2.56. The van der Waals surface area contributed by atoms with Gasteiger partial charge in [0, 0.05) is 15.4 Å². The highest BCUT2D eigenvalue weighted by atomic mass is 79.9. The molecule has 0 saturated carbocycles. The molecule has 1 heterocycles. The van der Waals surface area contributed by atoms with Crippen molar-refractivity contribution in [2.45, 2.75) is 19.9 Å². The average Bonchev–Trinajstić information content (AvgIpc) is 2.61. The Morgan fingerprint density at radius 2 is 2.27 bits per heavy atom. The zero-order valence-electron chi connectivity index (χ0n) is 9.42. The van der Waals surface area contributed by atoms with Crippen molar-refractivity contribution in [1.29, 1.82) is 0 Å². The lowest BCUT2D eigenvalue weighted by Crippen LogP contribution is -2.25. The molecule has 1 rings (SSSR count). The minimum absolute atomic E-state index is 0.448. The summed E-state index contributed by atoms with van der Waals surface area (Å²) in [7, 11) is 0. The summed E-state index contributed by atoms with van der Waals surface area (Å²) in [5, 5.41) is 5.71. The fraction of sp³-hybridized carbons (Fsp3) is 0.636. The van der Waals surface area contributed by atoms with Crippen molar-refractivity contribution >= 4 is 39.0 Å². The highest BCUT2D eigenvalue weighted by Crippen LogP contribution is 2.28. The SMILES string of the molecule is CSCC(C)CNC(C)c1sccc1Br. The first-order chi connectivity index (χ1) is 7.15. The van der Waals surface area contributed by atoms with Gasteiger partial charge in [-0.1, -0.05) is 6.92 Å². The molecular formula is C11H18BrNS2. The lowest BCUT2D eigenvalue weighted by atomic mass is 10.2. The molecule has 0 aliphatic rings. The molecule has 0 fully saturated rings. The van der Waals surface area contributed by atoms with Gasteiger partial charge >= 0.3 is 0 Å². The van der Waals surface area contributed by atoms with Crippen LogP contribution in [0.25, 0.3) is 0 Å². The summed E-state index contributed by atoms with van der Waals surface area (Å²) in [5.74, 6) is 1.96. The molecule has 2 atom stereocenters. The van der Waals surface area contributed by atoms with E-state index in [1.807, 2.05) is 23.1 Å². The first-order valence-corrected chi connectivity index (χ1v) is 8.17. The molecular weight excluding hydrogens is 290 g/mol. The van der Waals surface area contributed by atoms with Gasteiger partial charge in [-0.15, -0.1) is 11.3 Å². The number of nitrogens with one attached hydrogen (secondary N) is 1. The molecule has 0 amide bonds. The summed E-state index contributed by atoms with van der Waals surface area (Å²) in [4.78, 5) is 1.39. The highest BCUT2D eigenvalue weighted by Gasteiger charge is 2.11. The lowest BCUT2D eigenvalue weighted by molar-refractivity contribution is 0.504. The fourth-order valence-electron chi connectivity index (χ4n) is 1.43. The second-order valence-corrected chi connectivity index (χ2v) is 6.54. The summed E-state index contributed by atoms with van der Waals surface area (Å²) in [6.07, 6.45) is 2.16. The molecule has 0 aliphatic carbocycles. The quantitative estimate of drug-likeness (QED) is 0.847. The van der Waals surface area contributed by atoms with Crippen LogP contribution >= 0.6 is 39.0 Å². The van der Waals surface area contributed by atoms with Crippen molar-refractivity contribution in [3.63, 3.8) is 0 Å². The first kappa shape index (κ1) is 13.6. The van der Waals surface area contributed by atoms with Crippen LogP contribution in [0.2, 0.25) is 0 Å². The Hall–Kier alpha value is 0.490. The van der Waals surface area contributed by atoms with Crippen molar-refractivity contribution in [3.8, 4) is 0 Å². The predicted octanol–water partition coefficient (Wildman–Crippen LogP) is 4.16. The van der Waals surface area contributed by atoms with Gasteiger partial charge in [-0.25, -0.2) is 0 Å². The Morgan fingerprint density at radius 1 is 1.53 bits per heavy atom. The molecule has 1 N–H and O–H groups in total. The minimum Gasteiger partial charge on any atom is -0.309 e. The van der Waals surface area contributed by atoms with E-state index in [4.69, 9.17) is 0 Å². The van der Waals surface area contributed by atoms with Crippen LogP contribution < -0.4 is 5.32 Å². The molecule has 0 saturated heterocycles. The standard InChI is InChI=1S/C11H18BrNS2/c1-8(7-14-3)6-13-9(2)11-10(12)4-5-15-11/h4-5,8-9,13H,6-7H2,1-3H3. The van der Waals surface area contributed by atoms with Crippen LogP contribution in [0.5, 0.6) is 0 Å². The van der Waals surface area contributed by atoms with Crippen molar-refractivity contribution in [3.05, 3.63) is 20.8 Å². The number of thiophene rings is 1. The average molecular weight is 308 g/mol. The van der Waals surface area contributed by atoms with E-state index in [9.17, 15) is 0 Å². The number of hydrogen-bond donors (Lipinski definition) is 1. The Bertz CT molecular complexity index is 288. The molecule has 1 aromatic rings. The van der Waals surface area contributed by atoms with Crippen molar-refractivity contribution in [2.75, 3.05) is 18.6 Å². The molecule has 2 unspecified atom stereocenters. The highest BCUT2D eigenvalue weighted by molar-refractivity contribution is 9.10. The van der Waals surface area contributed by atoms with Crippen LogP contribution in [0.15, 0.2) is 15.9 Å². The van der Waals surface area contributed by atoms with Crippen LogP contribution in [0.4, 0.5) is 0 Å². The summed E-state index contributed by atoms with van der Waals surface area (Å²) >= 11 is 7.29. The smallest absolute Gasteiger partial charge is 0.0397 e. The lowest BCUT2D eigenvalue weighted by Gasteiger charge is -2.16. The van der Waals surface area contributed by atoms with E-state index in [1.165, 1.54) is 15.1 Å². The third-order valence-corrected chi connectivity index (χ3v) is 5.22. The third kappa shape index (κ3) is 4.47. The predicted molar refractivity (Wildman–Crippen MR) is 76.0 cm³/mol. The maximum Gasteiger partial charge on any atom is 0.0397 e. The van der Waals surface area contributed by atoms with Gasteiger partial charge < -0.3 is 5.32 Å². The Morgan fingerprint density at radius 3 is 2.80 bits per heavy atom. The zero-order chi connectivity index (χ0) is 11.3. The third-order valence-electron chi connectivity index (χ3n) is 2.26. The fourth-order valence-corrected chi connectivity index (χ4v) is 3.87. The van der Waals surface area contributed by atoms with Gasteiger partial charge in [0.1, 0.15) is 0 Å². The van der Waals surface area contributed by atoms with E-state index < -0.39 is 0 Å². The van der Waals surface area contributed by atoms with E-state index in [2.05, 4.69) is 52.8 Å². The molecule has 0 radical (unpaired) electrons. The van der Waals surface area contributed by atoms with E-state index >= 15 is 0 Å². The van der Waals surface area contributed by atoms with Gasteiger partial charge in [-0.3, -0.25) is 0 Å². The van der Waals surface area contributed by atoms with Gasteiger partial charge in [0.25, 0.3) is 0 Å². The Balaban J connectivity index is 2.36. The molecule has 1 aromatic heterocycles. The molecule has 0 aliphatic heterocycles. The van der Waals surface area contributed by atoms with Gasteiger partial charge in [0.2, 0.25) is 0 Å². The number of rotatable bonds is 6. The number of thioether (sulfide) groups is 1. The normalized spacial score (nSPS) is 15.2. The van der Waals surface area contributed by atoms with Crippen LogP contribution in [0, 0.1) is 5.92 Å². The maximum atomic E-state index is 3.58. The monoisotopic (exact) mass is 307 g/mol. The molecule has 0 bridgehead atoms. The Kier molecular flexibility index (Phi) is 6.27. The Labute approximate surface area is 109 Å². The van der Waals surface area contributed by atoms with Gasteiger partial charge in [0.15, 0.2) is 0 Å². The van der Waals surface area contributed by atoms with Crippen LogP contribution in [-0.2, 0) is 0 Å². The van der Waals surface area contributed by atoms with Gasteiger partial charge in [-0.2, -0.15) is 11.8 Å². The number of halogens is 1. The van der Waals surface area contributed by atoms with Crippen LogP contribution in [0.3, 0.4) is 0 Å². The second kappa shape index (κ2) is 6.94. The topological polar surface area (TPSA) is 12.0 Å². The van der Waals surface area contributed by atoms with E-state index in [1.54, 1.807) is 0 Å². The van der Waals surface area contributed by atoms with Gasteiger partial charge in [0.05, 0.1) is 0 Å². The largest absolute Gasteiger partial charge is 0.309 e. The summed E-state index contributed by atoms with van der Waals surface area (Å²) in [5.41, 5.74) is 0. The minimum atomic E-state index is 0.448. The first-order valence-electron chi connectivity index (χ1n) is 5.10. The van der Waals surface area contributed by atoms with Crippen molar-refractivity contribution < 1.29 is 0 Å². The zero-order valence-corrected chi connectivity index (χ0v) is 12.6. The molecule has 0 spiro atoms. The van der Waals surface area contributed by atoms with Crippen molar-refractivity contribution in [1.82, 2.24) is 5.32 Å². The molecule has 4 heteroatoms. The number of hydrogen-bond acceptors (Lipinski definition) is 3.